The predicted octanol–water partition coefficient (Wildman–Crippen LogP) is 3.52. The lowest BCUT2D eigenvalue weighted by Gasteiger charge is -2.14. The zero-order valence-corrected chi connectivity index (χ0v) is 14.9. The second kappa shape index (κ2) is 7.97. The molecule has 3 rings (SSSR count). The Kier molecular flexibility index (Phi) is 5.48. The first kappa shape index (κ1) is 17.9. The first-order chi connectivity index (χ1) is 12.6. The molecule has 26 heavy (non-hydrogen) atoms. The predicted molar refractivity (Wildman–Crippen MR) is 94.4 cm³/mol. The van der Waals surface area contributed by atoms with Gasteiger partial charge in [0.25, 0.3) is 0 Å². The van der Waals surface area contributed by atoms with E-state index in [-0.39, 0.29) is 11.6 Å². The molecule has 0 amide bonds. The Balaban J connectivity index is 1.63. The summed E-state index contributed by atoms with van der Waals surface area (Å²) in [7, 11) is 4.96. The van der Waals surface area contributed by atoms with Gasteiger partial charge in [-0.05, 0) is 49.0 Å². The summed E-state index contributed by atoms with van der Waals surface area (Å²) in [4.78, 5) is 1.96. The van der Waals surface area contributed by atoms with Gasteiger partial charge in [0.05, 0.1) is 20.8 Å². The van der Waals surface area contributed by atoms with Crippen molar-refractivity contribution < 1.29 is 18.3 Å². The van der Waals surface area contributed by atoms with Crippen LogP contribution in [0.4, 0.5) is 4.39 Å². The average molecular weight is 357 g/mol. The smallest absolute Gasteiger partial charge is 0.247 e. The number of aromatic nitrogens is 2. The van der Waals surface area contributed by atoms with Crippen LogP contribution in [0.3, 0.4) is 0 Å². The van der Waals surface area contributed by atoms with Crippen LogP contribution in [0.15, 0.2) is 46.9 Å². The van der Waals surface area contributed by atoms with Gasteiger partial charge in [-0.25, -0.2) is 4.39 Å². The maximum Gasteiger partial charge on any atom is 0.247 e. The first-order valence-electron chi connectivity index (χ1n) is 8.07. The zero-order valence-electron chi connectivity index (χ0n) is 14.9. The van der Waals surface area contributed by atoms with E-state index >= 15 is 0 Å². The molecule has 1 heterocycles. The number of hydrogen-bond acceptors (Lipinski definition) is 6. The monoisotopic (exact) mass is 357 g/mol. The molecule has 0 saturated carbocycles. The second-order valence-electron chi connectivity index (χ2n) is 5.87. The van der Waals surface area contributed by atoms with Crippen LogP contribution < -0.4 is 9.47 Å². The molecule has 0 atom stereocenters. The van der Waals surface area contributed by atoms with Gasteiger partial charge in [-0.15, -0.1) is 10.2 Å². The highest BCUT2D eigenvalue weighted by molar-refractivity contribution is 5.53. The average Bonchev–Trinajstić information content (AvgIpc) is 3.10. The summed E-state index contributed by atoms with van der Waals surface area (Å²) in [5.74, 6) is 1.56. The van der Waals surface area contributed by atoms with Crippen molar-refractivity contribution in [3.63, 3.8) is 0 Å². The number of methoxy groups -OCH3 is 2. The normalized spacial score (nSPS) is 11.0. The summed E-state index contributed by atoms with van der Waals surface area (Å²) < 4.78 is 29.6. The Hall–Kier alpha value is -2.93. The molecule has 7 heteroatoms. The highest BCUT2D eigenvalue weighted by Crippen LogP contribution is 2.22. The Bertz CT molecular complexity index is 865. The van der Waals surface area contributed by atoms with Crippen LogP contribution in [0.5, 0.6) is 11.5 Å². The van der Waals surface area contributed by atoms with Crippen LogP contribution in [0.25, 0.3) is 11.5 Å². The van der Waals surface area contributed by atoms with Gasteiger partial charge in [0.1, 0.15) is 5.75 Å². The molecular weight excluding hydrogens is 337 g/mol. The molecule has 0 aliphatic carbocycles. The summed E-state index contributed by atoms with van der Waals surface area (Å²) in [5.41, 5.74) is 1.66. The molecule has 0 radical (unpaired) electrons. The second-order valence-corrected chi connectivity index (χ2v) is 5.87. The van der Waals surface area contributed by atoms with Crippen LogP contribution in [-0.2, 0) is 13.1 Å². The highest BCUT2D eigenvalue weighted by atomic mass is 19.1. The molecule has 136 valence electrons. The number of nitrogens with zero attached hydrogens (tertiary/aromatic N) is 3. The molecule has 0 N–H and O–H groups in total. The standard InChI is InChI=1S/C19H20FN3O3/c1-23(11-13-4-9-17(25-3)16(20)10-13)12-18-21-22-19(26-18)14-5-7-15(24-2)8-6-14/h4-10H,11-12H2,1-3H3. The van der Waals surface area contributed by atoms with Crippen molar-refractivity contribution >= 4 is 0 Å². The van der Waals surface area contributed by atoms with Crippen molar-refractivity contribution in [2.75, 3.05) is 21.3 Å². The van der Waals surface area contributed by atoms with Crippen molar-refractivity contribution in [3.8, 4) is 23.0 Å². The lowest BCUT2D eigenvalue weighted by molar-refractivity contribution is 0.282. The molecule has 1 aromatic heterocycles. The number of ether oxygens (including phenoxy) is 2. The molecule has 6 nitrogen and oxygen atoms in total. The maximum absolute atomic E-state index is 13.8. The van der Waals surface area contributed by atoms with Gasteiger partial charge in [0, 0.05) is 12.1 Å². The fraction of sp³-hybridized carbons (Fsp3) is 0.263. The van der Waals surface area contributed by atoms with Gasteiger partial charge in [-0.3, -0.25) is 4.90 Å². The zero-order chi connectivity index (χ0) is 18.5. The van der Waals surface area contributed by atoms with Gasteiger partial charge < -0.3 is 13.9 Å². The van der Waals surface area contributed by atoms with Gasteiger partial charge >= 0.3 is 0 Å². The van der Waals surface area contributed by atoms with E-state index in [9.17, 15) is 4.39 Å². The fourth-order valence-corrected chi connectivity index (χ4v) is 2.57. The summed E-state index contributed by atoms with van der Waals surface area (Å²) >= 11 is 0. The van der Waals surface area contributed by atoms with Crippen LogP contribution in [-0.4, -0.2) is 36.4 Å². The SMILES string of the molecule is COc1ccc(-c2nnc(CN(C)Cc3ccc(OC)c(F)c3)o2)cc1. The fourth-order valence-electron chi connectivity index (χ4n) is 2.57. The van der Waals surface area contributed by atoms with E-state index in [1.165, 1.54) is 13.2 Å². The van der Waals surface area contributed by atoms with Gasteiger partial charge in [0.2, 0.25) is 11.8 Å². The minimum atomic E-state index is -0.377. The third kappa shape index (κ3) is 4.18. The topological polar surface area (TPSA) is 60.6 Å². The summed E-state index contributed by atoms with van der Waals surface area (Å²) in [6.45, 7) is 0.998. The molecule has 0 aliphatic rings. The lowest BCUT2D eigenvalue weighted by atomic mass is 10.2. The molecule has 2 aromatic carbocycles. The highest BCUT2D eigenvalue weighted by Gasteiger charge is 2.12. The Morgan fingerprint density at radius 1 is 1.00 bits per heavy atom. The van der Waals surface area contributed by atoms with Crippen molar-refractivity contribution in [1.29, 1.82) is 0 Å². The quantitative estimate of drug-likeness (QED) is 0.645. The summed E-state index contributed by atoms with van der Waals surface area (Å²) in [6, 6.07) is 12.3. The molecule has 0 aliphatic heterocycles. The van der Waals surface area contributed by atoms with Crippen LogP contribution in [0.1, 0.15) is 11.5 Å². The summed E-state index contributed by atoms with van der Waals surface area (Å²) in [5, 5.41) is 8.16. The Morgan fingerprint density at radius 3 is 2.42 bits per heavy atom. The van der Waals surface area contributed by atoms with E-state index in [0.29, 0.717) is 24.9 Å². The van der Waals surface area contributed by atoms with E-state index in [2.05, 4.69) is 10.2 Å². The first-order valence-corrected chi connectivity index (χ1v) is 8.07. The van der Waals surface area contributed by atoms with Crippen LogP contribution in [0.2, 0.25) is 0 Å². The lowest BCUT2D eigenvalue weighted by Crippen LogP contribution is -2.17. The van der Waals surface area contributed by atoms with E-state index < -0.39 is 0 Å². The van der Waals surface area contributed by atoms with Crippen LogP contribution in [0, 0.1) is 5.82 Å². The van der Waals surface area contributed by atoms with Crippen LogP contribution >= 0.6 is 0 Å². The number of rotatable bonds is 7. The van der Waals surface area contributed by atoms with Crippen molar-refractivity contribution in [1.82, 2.24) is 15.1 Å². The van der Waals surface area contributed by atoms with Gasteiger partial charge in [-0.1, -0.05) is 6.07 Å². The number of hydrogen-bond donors (Lipinski definition) is 0. The third-order valence-corrected chi connectivity index (χ3v) is 3.88. The van der Waals surface area contributed by atoms with Crippen molar-refractivity contribution in [2.45, 2.75) is 13.1 Å². The van der Waals surface area contributed by atoms with E-state index in [4.69, 9.17) is 13.9 Å². The van der Waals surface area contributed by atoms with Crippen molar-refractivity contribution in [3.05, 3.63) is 59.7 Å². The number of halogens is 1. The molecule has 0 fully saturated rings. The molecule has 0 unspecified atom stereocenters. The maximum atomic E-state index is 13.8. The van der Waals surface area contributed by atoms with E-state index in [1.807, 2.05) is 42.3 Å². The molecule has 3 aromatic rings. The summed E-state index contributed by atoms with van der Waals surface area (Å²) in [6.07, 6.45) is 0. The van der Waals surface area contributed by atoms with E-state index in [0.717, 1.165) is 16.9 Å². The third-order valence-electron chi connectivity index (χ3n) is 3.88. The van der Waals surface area contributed by atoms with Gasteiger partial charge in [-0.2, -0.15) is 0 Å². The minimum absolute atomic E-state index is 0.234. The van der Waals surface area contributed by atoms with Crippen molar-refractivity contribution in [2.24, 2.45) is 0 Å². The largest absolute Gasteiger partial charge is 0.497 e. The molecular formula is C19H20FN3O3. The van der Waals surface area contributed by atoms with E-state index in [1.54, 1.807) is 13.2 Å². The Morgan fingerprint density at radius 2 is 1.77 bits per heavy atom. The minimum Gasteiger partial charge on any atom is -0.497 e. The molecule has 0 saturated heterocycles. The number of benzene rings is 2. The Labute approximate surface area is 151 Å². The molecule has 0 bridgehead atoms. The van der Waals surface area contributed by atoms with Gasteiger partial charge in [0.15, 0.2) is 11.6 Å². The molecule has 0 spiro atoms.